The van der Waals surface area contributed by atoms with Crippen LogP contribution in [0.3, 0.4) is 0 Å². The molecule has 1 N–H and O–H groups in total. The first-order valence-corrected chi connectivity index (χ1v) is 8.88. The second-order valence-corrected chi connectivity index (χ2v) is 7.37. The van der Waals surface area contributed by atoms with Crippen molar-refractivity contribution in [3.05, 3.63) is 11.1 Å². The van der Waals surface area contributed by atoms with Gasteiger partial charge in [0.25, 0.3) is 0 Å². The molecule has 6 nitrogen and oxygen atoms in total. The normalized spacial score (nSPS) is 11.5. The van der Waals surface area contributed by atoms with E-state index in [4.69, 9.17) is 0 Å². The van der Waals surface area contributed by atoms with Crippen molar-refractivity contribution in [1.82, 2.24) is 15.2 Å². The third-order valence-corrected chi connectivity index (χ3v) is 5.50. The van der Waals surface area contributed by atoms with Gasteiger partial charge < -0.3 is 5.32 Å². The maximum Gasteiger partial charge on any atom is 0.405 e. The van der Waals surface area contributed by atoms with E-state index >= 15 is 0 Å². The van der Waals surface area contributed by atoms with Gasteiger partial charge >= 0.3 is 6.18 Å². The van der Waals surface area contributed by atoms with E-state index in [-0.39, 0.29) is 11.0 Å². The molecule has 0 aromatic carbocycles. The maximum absolute atomic E-state index is 12.1. The molecule has 0 radical (unpaired) electrons. The Morgan fingerprint density at radius 2 is 2.17 bits per heavy atom. The average Bonchev–Trinajstić information content (AvgIpc) is 3.10. The molecule has 0 spiro atoms. The van der Waals surface area contributed by atoms with E-state index in [9.17, 15) is 18.0 Å². The van der Waals surface area contributed by atoms with E-state index in [2.05, 4.69) is 20.5 Å². The summed E-state index contributed by atoms with van der Waals surface area (Å²) >= 11 is 3.72. The van der Waals surface area contributed by atoms with Crippen LogP contribution in [0.15, 0.2) is 9.72 Å². The number of alkyl halides is 3. The smallest absolute Gasteiger partial charge is 0.351 e. The molecule has 0 fully saturated rings. The molecule has 0 aliphatic heterocycles. The fourth-order valence-electron chi connectivity index (χ4n) is 1.30. The predicted molar refractivity (Wildman–Crippen MR) is 85.2 cm³/mol. The minimum atomic E-state index is -4.29. The van der Waals surface area contributed by atoms with Crippen LogP contribution in [0.4, 0.5) is 23.4 Å². The molecule has 2 aromatic rings. The summed E-state index contributed by atoms with van der Waals surface area (Å²) in [5.41, 5.74) is 0.767. The number of halogens is 3. The number of amides is 1. The minimum Gasteiger partial charge on any atom is -0.351 e. The number of rotatable bonds is 6. The molecule has 0 unspecified atom stereocenters. The summed E-state index contributed by atoms with van der Waals surface area (Å²) in [6, 6.07) is 0. The van der Waals surface area contributed by atoms with Gasteiger partial charge in [-0.1, -0.05) is 23.1 Å². The summed E-state index contributed by atoms with van der Waals surface area (Å²) in [4.78, 5) is 17.0. The van der Waals surface area contributed by atoms with Crippen molar-refractivity contribution >= 4 is 50.6 Å². The zero-order valence-corrected chi connectivity index (χ0v) is 14.5. The SMILES string of the molecule is CC(=O)N(C)c1nc(CSc2nnc(NCC(F)(F)F)s2)cs1. The minimum absolute atomic E-state index is 0.108. The Morgan fingerprint density at radius 1 is 1.43 bits per heavy atom. The number of thioether (sulfide) groups is 1. The molecular weight excluding hydrogens is 371 g/mol. The number of anilines is 2. The molecule has 0 saturated heterocycles. The Morgan fingerprint density at radius 3 is 2.83 bits per heavy atom. The molecule has 0 aliphatic carbocycles. The molecule has 1 amide bonds. The lowest BCUT2D eigenvalue weighted by Gasteiger charge is -2.09. The number of hydrogen-bond acceptors (Lipinski definition) is 8. The zero-order valence-electron chi connectivity index (χ0n) is 12.0. The van der Waals surface area contributed by atoms with E-state index < -0.39 is 12.7 Å². The summed E-state index contributed by atoms with van der Waals surface area (Å²) in [7, 11) is 1.64. The van der Waals surface area contributed by atoms with Crippen LogP contribution in [-0.4, -0.2) is 40.9 Å². The van der Waals surface area contributed by atoms with Gasteiger partial charge in [0.15, 0.2) is 9.47 Å². The summed E-state index contributed by atoms with van der Waals surface area (Å²) in [6.07, 6.45) is -4.29. The summed E-state index contributed by atoms with van der Waals surface area (Å²) < 4.78 is 36.8. The van der Waals surface area contributed by atoms with Gasteiger partial charge in [0.1, 0.15) is 6.54 Å². The standard InChI is InChI=1S/C11H12F3N5OS3/c1-6(20)19(2)9-16-7(3-21-9)4-22-10-18-17-8(23-10)15-5-11(12,13)14/h3H,4-5H2,1-2H3,(H,15,17). The van der Waals surface area contributed by atoms with E-state index in [1.807, 2.05) is 5.38 Å². The van der Waals surface area contributed by atoms with E-state index in [0.29, 0.717) is 15.2 Å². The van der Waals surface area contributed by atoms with Crippen molar-refractivity contribution in [3.8, 4) is 0 Å². The second kappa shape index (κ2) is 7.45. The number of carbonyl (C=O) groups is 1. The second-order valence-electron chi connectivity index (χ2n) is 4.33. The van der Waals surface area contributed by atoms with Gasteiger partial charge in [-0.05, 0) is 0 Å². The van der Waals surface area contributed by atoms with Gasteiger partial charge in [-0.15, -0.1) is 21.5 Å². The van der Waals surface area contributed by atoms with Gasteiger partial charge in [0.05, 0.1) is 5.69 Å². The summed E-state index contributed by atoms with van der Waals surface area (Å²) in [5.74, 6) is 0.388. The molecule has 126 valence electrons. The molecule has 12 heteroatoms. The Bertz CT molecular complexity index is 672. The van der Waals surface area contributed by atoms with Crippen LogP contribution < -0.4 is 10.2 Å². The van der Waals surface area contributed by atoms with E-state index in [1.54, 1.807) is 7.05 Å². The number of nitrogens with zero attached hydrogens (tertiary/aromatic N) is 4. The number of carbonyl (C=O) groups excluding carboxylic acids is 1. The van der Waals surface area contributed by atoms with Gasteiger partial charge in [-0.25, -0.2) is 4.98 Å². The Kier molecular flexibility index (Phi) is 5.81. The van der Waals surface area contributed by atoms with Crippen LogP contribution >= 0.6 is 34.4 Å². The van der Waals surface area contributed by atoms with Crippen molar-refractivity contribution in [2.45, 2.75) is 23.2 Å². The monoisotopic (exact) mass is 383 g/mol. The third-order valence-electron chi connectivity index (χ3n) is 2.49. The van der Waals surface area contributed by atoms with Gasteiger partial charge in [-0.3, -0.25) is 9.69 Å². The van der Waals surface area contributed by atoms with E-state index in [1.165, 1.54) is 34.9 Å². The lowest BCUT2D eigenvalue weighted by Crippen LogP contribution is -2.22. The third kappa shape index (κ3) is 5.62. The molecule has 23 heavy (non-hydrogen) atoms. The number of thiazole rings is 1. The van der Waals surface area contributed by atoms with Crippen molar-refractivity contribution in [2.24, 2.45) is 0 Å². The molecule has 0 aliphatic rings. The lowest BCUT2D eigenvalue weighted by molar-refractivity contribution is -0.116. The molecule has 0 saturated carbocycles. The molecule has 2 aromatic heterocycles. The van der Waals surface area contributed by atoms with Crippen LogP contribution in [0.2, 0.25) is 0 Å². The van der Waals surface area contributed by atoms with E-state index in [0.717, 1.165) is 17.0 Å². The highest BCUT2D eigenvalue weighted by Crippen LogP contribution is 2.30. The van der Waals surface area contributed by atoms with Crippen molar-refractivity contribution in [2.75, 3.05) is 23.8 Å². The van der Waals surface area contributed by atoms with Crippen molar-refractivity contribution in [3.63, 3.8) is 0 Å². The van der Waals surface area contributed by atoms with Crippen LogP contribution in [0.25, 0.3) is 0 Å². The average molecular weight is 383 g/mol. The summed E-state index contributed by atoms with van der Waals surface area (Å²) in [5, 5.41) is 12.2. The number of aromatic nitrogens is 3. The Labute approximate surface area is 142 Å². The van der Waals surface area contributed by atoms with Crippen LogP contribution in [0, 0.1) is 0 Å². The molecule has 2 rings (SSSR count). The highest BCUT2D eigenvalue weighted by molar-refractivity contribution is 8.00. The zero-order chi connectivity index (χ0) is 17.0. The molecule has 2 heterocycles. The number of nitrogens with one attached hydrogen (secondary N) is 1. The van der Waals surface area contributed by atoms with Gasteiger partial charge in [0.2, 0.25) is 11.0 Å². The Balaban J connectivity index is 1.87. The topological polar surface area (TPSA) is 71.0 Å². The highest BCUT2D eigenvalue weighted by atomic mass is 32.2. The fraction of sp³-hybridized carbons (Fsp3) is 0.455. The van der Waals surface area contributed by atoms with Crippen LogP contribution in [0.5, 0.6) is 0 Å². The maximum atomic E-state index is 12.1. The number of hydrogen-bond donors (Lipinski definition) is 1. The Hall–Kier alpha value is -1.40. The van der Waals surface area contributed by atoms with Crippen LogP contribution in [0.1, 0.15) is 12.6 Å². The lowest BCUT2D eigenvalue weighted by atomic mass is 10.6. The first kappa shape index (κ1) is 17.9. The van der Waals surface area contributed by atoms with Crippen molar-refractivity contribution in [1.29, 1.82) is 0 Å². The molecular formula is C11H12F3N5OS3. The summed E-state index contributed by atoms with van der Waals surface area (Å²) in [6.45, 7) is 0.311. The molecule has 0 atom stereocenters. The molecule has 0 bridgehead atoms. The predicted octanol–water partition coefficient (Wildman–Crippen LogP) is 3.24. The van der Waals surface area contributed by atoms with Gasteiger partial charge in [-0.2, -0.15) is 13.2 Å². The largest absolute Gasteiger partial charge is 0.405 e. The van der Waals surface area contributed by atoms with Crippen molar-refractivity contribution < 1.29 is 18.0 Å². The first-order chi connectivity index (χ1) is 10.7. The van der Waals surface area contributed by atoms with Gasteiger partial charge in [0, 0.05) is 25.1 Å². The fourth-order valence-corrected chi connectivity index (χ4v) is 3.88. The highest BCUT2D eigenvalue weighted by Gasteiger charge is 2.27. The quantitative estimate of drug-likeness (QED) is 0.772. The van der Waals surface area contributed by atoms with Crippen LogP contribution in [-0.2, 0) is 10.5 Å². The first-order valence-electron chi connectivity index (χ1n) is 6.20.